The van der Waals surface area contributed by atoms with Crippen molar-refractivity contribution >= 4 is 5.78 Å². The molecule has 0 radical (unpaired) electrons. The van der Waals surface area contributed by atoms with Crippen LogP contribution in [0.25, 0.3) is 0 Å². The van der Waals surface area contributed by atoms with Crippen LogP contribution in [0.4, 0.5) is 0 Å². The normalized spacial score (nSPS) is 23.9. The van der Waals surface area contributed by atoms with E-state index >= 15 is 0 Å². The Balaban J connectivity index is 2.42. The Bertz CT molecular complexity index is 169. The number of Topliss-reactive ketones (excluding diaryl/α,β-unsaturated/α-hetero) is 1. The Morgan fingerprint density at radius 1 is 1.50 bits per heavy atom. The molecule has 0 saturated heterocycles. The third-order valence-electron chi connectivity index (χ3n) is 2.99. The van der Waals surface area contributed by atoms with Gasteiger partial charge < -0.3 is 5.73 Å². The Kier molecular flexibility index (Phi) is 2.89. The average Bonchev–Trinajstić information content (AvgIpc) is 2.38. The first-order valence-electron chi connectivity index (χ1n) is 4.82. The smallest absolute Gasteiger partial charge is 0.149 e. The SMILES string of the molecule is CC(=O)[C@](C)(N)CC1CCCC1. The van der Waals surface area contributed by atoms with Crippen LogP contribution in [0, 0.1) is 5.92 Å². The lowest BCUT2D eigenvalue weighted by Crippen LogP contribution is -2.44. The number of carbonyl (C=O) groups excluding carboxylic acids is 1. The molecule has 1 saturated carbocycles. The monoisotopic (exact) mass is 169 g/mol. The van der Waals surface area contributed by atoms with Gasteiger partial charge in [0.1, 0.15) is 5.78 Å². The summed E-state index contributed by atoms with van der Waals surface area (Å²) in [5.74, 6) is 0.818. The molecule has 0 amide bonds. The number of hydrogen-bond acceptors (Lipinski definition) is 2. The van der Waals surface area contributed by atoms with Gasteiger partial charge in [0.2, 0.25) is 0 Å². The van der Waals surface area contributed by atoms with Crippen molar-refractivity contribution in [2.45, 2.75) is 51.5 Å². The van der Waals surface area contributed by atoms with E-state index in [2.05, 4.69) is 0 Å². The highest BCUT2D eigenvalue weighted by Crippen LogP contribution is 2.31. The molecule has 0 heterocycles. The summed E-state index contributed by atoms with van der Waals surface area (Å²) in [6.45, 7) is 3.45. The topological polar surface area (TPSA) is 43.1 Å². The lowest BCUT2D eigenvalue weighted by molar-refractivity contribution is -0.122. The van der Waals surface area contributed by atoms with Gasteiger partial charge in [-0.1, -0.05) is 25.7 Å². The maximum Gasteiger partial charge on any atom is 0.149 e. The van der Waals surface area contributed by atoms with E-state index in [0.29, 0.717) is 5.92 Å². The first-order chi connectivity index (χ1) is 5.52. The van der Waals surface area contributed by atoms with Crippen LogP contribution >= 0.6 is 0 Å². The highest BCUT2D eigenvalue weighted by molar-refractivity contribution is 5.85. The van der Waals surface area contributed by atoms with E-state index in [1.165, 1.54) is 25.7 Å². The lowest BCUT2D eigenvalue weighted by atomic mass is 9.86. The van der Waals surface area contributed by atoms with Gasteiger partial charge in [-0.05, 0) is 26.2 Å². The maximum absolute atomic E-state index is 11.1. The van der Waals surface area contributed by atoms with E-state index < -0.39 is 5.54 Å². The Morgan fingerprint density at radius 2 is 2.00 bits per heavy atom. The molecule has 2 heteroatoms. The third kappa shape index (κ3) is 2.31. The molecule has 0 spiro atoms. The second-order valence-corrected chi connectivity index (χ2v) is 4.33. The van der Waals surface area contributed by atoms with Gasteiger partial charge in [-0.3, -0.25) is 4.79 Å². The summed E-state index contributed by atoms with van der Waals surface area (Å²) >= 11 is 0. The van der Waals surface area contributed by atoms with Crippen molar-refractivity contribution in [1.29, 1.82) is 0 Å². The van der Waals surface area contributed by atoms with E-state index in [1.807, 2.05) is 6.92 Å². The molecule has 0 aromatic heterocycles. The van der Waals surface area contributed by atoms with E-state index in [0.717, 1.165) is 6.42 Å². The fourth-order valence-electron chi connectivity index (χ4n) is 1.96. The van der Waals surface area contributed by atoms with Crippen molar-refractivity contribution in [1.82, 2.24) is 0 Å². The highest BCUT2D eigenvalue weighted by Gasteiger charge is 2.29. The standard InChI is InChI=1S/C10H19NO/c1-8(12)10(2,11)7-9-5-3-4-6-9/h9H,3-7,11H2,1-2H3/t10-/m1/s1. The molecule has 0 aromatic carbocycles. The molecule has 1 atom stereocenters. The Labute approximate surface area is 74.5 Å². The van der Waals surface area contributed by atoms with Gasteiger partial charge >= 0.3 is 0 Å². The fraction of sp³-hybridized carbons (Fsp3) is 0.900. The first kappa shape index (κ1) is 9.72. The summed E-state index contributed by atoms with van der Waals surface area (Å²) in [6.07, 6.45) is 6.04. The Morgan fingerprint density at radius 3 is 2.42 bits per heavy atom. The van der Waals surface area contributed by atoms with Crippen LogP contribution in [0.5, 0.6) is 0 Å². The van der Waals surface area contributed by atoms with Crippen LogP contribution in [-0.4, -0.2) is 11.3 Å². The Hall–Kier alpha value is -0.370. The molecular weight excluding hydrogens is 150 g/mol. The lowest BCUT2D eigenvalue weighted by Gasteiger charge is -2.24. The van der Waals surface area contributed by atoms with Crippen LogP contribution in [0.2, 0.25) is 0 Å². The molecule has 12 heavy (non-hydrogen) atoms. The van der Waals surface area contributed by atoms with Crippen molar-refractivity contribution in [2.75, 3.05) is 0 Å². The summed E-state index contributed by atoms with van der Waals surface area (Å²) in [5, 5.41) is 0. The third-order valence-corrected chi connectivity index (χ3v) is 2.99. The largest absolute Gasteiger partial charge is 0.319 e. The minimum atomic E-state index is -0.574. The quantitative estimate of drug-likeness (QED) is 0.701. The summed E-state index contributed by atoms with van der Waals surface area (Å²) in [4.78, 5) is 11.1. The fourth-order valence-corrected chi connectivity index (χ4v) is 1.96. The number of rotatable bonds is 3. The second-order valence-electron chi connectivity index (χ2n) is 4.33. The van der Waals surface area contributed by atoms with E-state index in [-0.39, 0.29) is 5.78 Å². The molecule has 2 nitrogen and oxygen atoms in total. The van der Waals surface area contributed by atoms with Gasteiger partial charge in [-0.15, -0.1) is 0 Å². The molecule has 1 fully saturated rings. The second kappa shape index (κ2) is 3.56. The molecule has 1 aliphatic carbocycles. The van der Waals surface area contributed by atoms with E-state index in [4.69, 9.17) is 5.73 Å². The molecule has 0 unspecified atom stereocenters. The van der Waals surface area contributed by atoms with Gasteiger partial charge in [0, 0.05) is 0 Å². The molecular formula is C10H19NO. The van der Waals surface area contributed by atoms with Crippen LogP contribution in [0.1, 0.15) is 46.0 Å². The summed E-state index contributed by atoms with van der Waals surface area (Å²) < 4.78 is 0. The van der Waals surface area contributed by atoms with Crippen LogP contribution < -0.4 is 5.73 Å². The zero-order valence-corrected chi connectivity index (χ0v) is 8.10. The van der Waals surface area contributed by atoms with Gasteiger partial charge in [-0.25, -0.2) is 0 Å². The summed E-state index contributed by atoms with van der Waals surface area (Å²) in [6, 6.07) is 0. The van der Waals surface area contributed by atoms with Crippen molar-refractivity contribution < 1.29 is 4.79 Å². The molecule has 0 aliphatic heterocycles. The predicted octanol–water partition coefficient (Wildman–Crippen LogP) is 1.87. The van der Waals surface area contributed by atoms with Gasteiger partial charge in [-0.2, -0.15) is 0 Å². The van der Waals surface area contributed by atoms with Crippen LogP contribution in [0.3, 0.4) is 0 Å². The van der Waals surface area contributed by atoms with Gasteiger partial charge in [0.05, 0.1) is 5.54 Å². The van der Waals surface area contributed by atoms with Crippen LogP contribution in [0.15, 0.2) is 0 Å². The van der Waals surface area contributed by atoms with Crippen molar-refractivity contribution in [3.63, 3.8) is 0 Å². The summed E-state index contributed by atoms with van der Waals surface area (Å²) in [7, 11) is 0. The zero-order chi connectivity index (χ0) is 9.19. The number of nitrogens with two attached hydrogens (primary N) is 1. The zero-order valence-electron chi connectivity index (χ0n) is 8.10. The number of ketones is 1. The minimum absolute atomic E-state index is 0.120. The number of carbonyl (C=O) groups is 1. The molecule has 70 valence electrons. The summed E-state index contributed by atoms with van der Waals surface area (Å²) in [5.41, 5.74) is 5.32. The molecule has 1 aliphatic rings. The maximum atomic E-state index is 11.1. The van der Waals surface area contributed by atoms with Crippen LogP contribution in [-0.2, 0) is 4.79 Å². The molecule has 2 N–H and O–H groups in total. The van der Waals surface area contributed by atoms with Crippen molar-refractivity contribution in [2.24, 2.45) is 11.7 Å². The van der Waals surface area contributed by atoms with Crippen molar-refractivity contribution in [3.05, 3.63) is 0 Å². The van der Waals surface area contributed by atoms with Crippen molar-refractivity contribution in [3.8, 4) is 0 Å². The average molecular weight is 169 g/mol. The number of hydrogen-bond donors (Lipinski definition) is 1. The predicted molar refractivity (Wildman–Crippen MR) is 49.8 cm³/mol. The first-order valence-corrected chi connectivity index (χ1v) is 4.82. The highest BCUT2D eigenvalue weighted by atomic mass is 16.1. The van der Waals surface area contributed by atoms with Gasteiger partial charge in [0.15, 0.2) is 0 Å². The molecule has 0 aromatic rings. The molecule has 0 bridgehead atoms. The minimum Gasteiger partial charge on any atom is -0.319 e. The molecule has 1 rings (SSSR count). The van der Waals surface area contributed by atoms with E-state index in [1.54, 1.807) is 6.92 Å². The van der Waals surface area contributed by atoms with Gasteiger partial charge in [0.25, 0.3) is 0 Å². The van der Waals surface area contributed by atoms with E-state index in [9.17, 15) is 4.79 Å².